The van der Waals surface area contributed by atoms with E-state index in [1.807, 2.05) is 12.1 Å². The number of hydrogen-bond acceptors (Lipinski definition) is 1. The molecular weight excluding hydrogens is 325 g/mol. The Bertz CT molecular complexity index is 810. The quantitative estimate of drug-likeness (QED) is 0.587. The van der Waals surface area contributed by atoms with Gasteiger partial charge in [-0.15, -0.1) is 0 Å². The van der Waals surface area contributed by atoms with Gasteiger partial charge in [-0.25, -0.2) is 0 Å². The van der Waals surface area contributed by atoms with Crippen LogP contribution in [0.5, 0.6) is 0 Å². The van der Waals surface area contributed by atoms with Crippen LogP contribution in [0.2, 0.25) is 10.0 Å². The van der Waals surface area contributed by atoms with Gasteiger partial charge in [0, 0.05) is 11.6 Å². The Morgan fingerprint density at radius 3 is 2.65 bits per heavy atom. The minimum Gasteiger partial charge on any atom is -0.377 e. The first-order chi connectivity index (χ1) is 11.1. The van der Waals surface area contributed by atoms with E-state index in [1.165, 1.54) is 22.4 Å². The zero-order valence-corrected chi connectivity index (χ0v) is 14.7. The Balaban J connectivity index is 1.88. The molecule has 0 radical (unpaired) electrons. The van der Waals surface area contributed by atoms with Gasteiger partial charge >= 0.3 is 0 Å². The maximum absolute atomic E-state index is 6.52. The number of halogens is 2. The monoisotopic (exact) mass is 343 g/mol. The molecule has 3 heteroatoms. The van der Waals surface area contributed by atoms with Crippen molar-refractivity contribution in [1.29, 1.82) is 0 Å². The average Bonchev–Trinajstić information content (AvgIpc) is 3.02. The van der Waals surface area contributed by atoms with E-state index < -0.39 is 0 Å². The molecule has 2 aromatic carbocycles. The standard InChI is InChI=1S/C20H19Cl2N/c1-11-9-10-12(2)19-17(11)13-5-3-6-14(13)20(23-19)15-7-4-8-16(21)18(15)22/h3-5,7-10,13-14,20,23H,6H2,1-2H3/t13-,14+,20+/m1/s1. The molecule has 0 saturated heterocycles. The van der Waals surface area contributed by atoms with Gasteiger partial charge in [-0.2, -0.15) is 0 Å². The van der Waals surface area contributed by atoms with E-state index in [0.717, 1.165) is 12.0 Å². The fraction of sp³-hybridized carbons (Fsp3) is 0.300. The molecule has 118 valence electrons. The number of hydrogen-bond donors (Lipinski definition) is 1. The maximum Gasteiger partial charge on any atom is 0.0645 e. The molecule has 4 rings (SSSR count). The van der Waals surface area contributed by atoms with E-state index in [0.29, 0.717) is 21.9 Å². The number of fused-ring (bicyclic) bond motifs is 3. The molecule has 1 heterocycles. The summed E-state index contributed by atoms with van der Waals surface area (Å²) in [4.78, 5) is 0. The van der Waals surface area contributed by atoms with Crippen LogP contribution in [-0.2, 0) is 0 Å². The number of nitrogens with one attached hydrogen (secondary N) is 1. The SMILES string of the molecule is Cc1ccc(C)c2c1N[C@H](c1cccc(Cl)c1Cl)[C@H]1CC=C[C@@H]21. The van der Waals surface area contributed by atoms with Crippen LogP contribution in [0.4, 0.5) is 5.69 Å². The molecule has 2 aliphatic rings. The van der Waals surface area contributed by atoms with Crippen LogP contribution >= 0.6 is 23.2 Å². The van der Waals surface area contributed by atoms with Crippen molar-refractivity contribution >= 4 is 28.9 Å². The number of anilines is 1. The molecule has 0 bridgehead atoms. The third-order valence-electron chi connectivity index (χ3n) is 5.26. The van der Waals surface area contributed by atoms with Gasteiger partial charge in [0.15, 0.2) is 0 Å². The lowest BCUT2D eigenvalue weighted by Gasteiger charge is -2.39. The number of allylic oxidation sites excluding steroid dienone is 2. The maximum atomic E-state index is 6.52. The molecule has 1 N–H and O–H groups in total. The third kappa shape index (κ3) is 2.29. The van der Waals surface area contributed by atoms with Gasteiger partial charge in [0.1, 0.15) is 0 Å². The highest BCUT2D eigenvalue weighted by Gasteiger charge is 2.39. The Morgan fingerprint density at radius 2 is 1.83 bits per heavy atom. The summed E-state index contributed by atoms with van der Waals surface area (Å²) in [6.45, 7) is 4.37. The lowest BCUT2D eigenvalue weighted by molar-refractivity contribution is 0.424. The second-order valence-corrected chi connectivity index (χ2v) is 7.39. The summed E-state index contributed by atoms with van der Waals surface area (Å²) >= 11 is 12.8. The van der Waals surface area contributed by atoms with Crippen molar-refractivity contribution in [1.82, 2.24) is 0 Å². The van der Waals surface area contributed by atoms with E-state index in [9.17, 15) is 0 Å². The van der Waals surface area contributed by atoms with Crippen molar-refractivity contribution in [3.8, 4) is 0 Å². The molecule has 23 heavy (non-hydrogen) atoms. The molecule has 0 fully saturated rings. The second-order valence-electron chi connectivity index (χ2n) is 6.61. The molecular formula is C20H19Cl2N. The summed E-state index contributed by atoms with van der Waals surface area (Å²) in [7, 11) is 0. The molecule has 1 nitrogen and oxygen atoms in total. The second kappa shape index (κ2) is 5.58. The molecule has 0 aromatic heterocycles. The Kier molecular flexibility index (Phi) is 3.66. The number of benzene rings is 2. The average molecular weight is 344 g/mol. The summed E-state index contributed by atoms with van der Waals surface area (Å²) in [6.07, 6.45) is 5.74. The van der Waals surface area contributed by atoms with E-state index in [4.69, 9.17) is 23.2 Å². The zero-order chi connectivity index (χ0) is 16.1. The lowest BCUT2D eigenvalue weighted by atomic mass is 9.75. The number of aryl methyl sites for hydroxylation is 2. The number of rotatable bonds is 1. The van der Waals surface area contributed by atoms with Crippen molar-refractivity contribution in [3.05, 3.63) is 74.8 Å². The predicted molar refractivity (Wildman–Crippen MR) is 98.7 cm³/mol. The van der Waals surface area contributed by atoms with E-state index in [-0.39, 0.29) is 6.04 Å². The molecule has 0 unspecified atom stereocenters. The highest BCUT2D eigenvalue weighted by Crippen LogP contribution is 2.52. The summed E-state index contributed by atoms with van der Waals surface area (Å²) in [5, 5.41) is 5.08. The van der Waals surface area contributed by atoms with E-state index in [2.05, 4.69) is 49.5 Å². The van der Waals surface area contributed by atoms with Crippen LogP contribution in [0, 0.1) is 19.8 Å². The normalized spacial score (nSPS) is 25.0. The predicted octanol–water partition coefficient (Wildman–Crippen LogP) is 6.44. The topological polar surface area (TPSA) is 12.0 Å². The van der Waals surface area contributed by atoms with Crippen LogP contribution in [0.3, 0.4) is 0 Å². The van der Waals surface area contributed by atoms with Crippen molar-refractivity contribution < 1.29 is 0 Å². The van der Waals surface area contributed by atoms with Crippen LogP contribution in [-0.4, -0.2) is 0 Å². The van der Waals surface area contributed by atoms with Gasteiger partial charge < -0.3 is 5.32 Å². The molecule has 3 atom stereocenters. The fourth-order valence-electron chi connectivity index (χ4n) is 4.11. The zero-order valence-electron chi connectivity index (χ0n) is 13.2. The van der Waals surface area contributed by atoms with Crippen molar-refractivity contribution in [2.45, 2.75) is 32.2 Å². The smallest absolute Gasteiger partial charge is 0.0645 e. The fourth-order valence-corrected chi connectivity index (χ4v) is 4.54. The van der Waals surface area contributed by atoms with Gasteiger partial charge in [-0.05, 0) is 54.5 Å². The van der Waals surface area contributed by atoms with Gasteiger partial charge in [0.05, 0.1) is 16.1 Å². The minimum absolute atomic E-state index is 0.189. The first kappa shape index (κ1) is 15.1. The first-order valence-electron chi connectivity index (χ1n) is 8.05. The highest BCUT2D eigenvalue weighted by atomic mass is 35.5. The minimum atomic E-state index is 0.189. The Hall–Kier alpha value is -1.44. The van der Waals surface area contributed by atoms with Gasteiger partial charge in [0.2, 0.25) is 0 Å². The van der Waals surface area contributed by atoms with Crippen LogP contribution in [0.15, 0.2) is 42.5 Å². The highest BCUT2D eigenvalue weighted by molar-refractivity contribution is 6.42. The Labute approximate surface area is 147 Å². The molecule has 0 amide bonds. The van der Waals surface area contributed by atoms with Gasteiger partial charge in [-0.3, -0.25) is 0 Å². The Morgan fingerprint density at radius 1 is 1.04 bits per heavy atom. The van der Waals surface area contributed by atoms with Gasteiger partial charge in [0.25, 0.3) is 0 Å². The van der Waals surface area contributed by atoms with Crippen LogP contribution in [0.25, 0.3) is 0 Å². The van der Waals surface area contributed by atoms with Crippen molar-refractivity contribution in [2.75, 3.05) is 5.32 Å². The third-order valence-corrected chi connectivity index (χ3v) is 6.10. The van der Waals surface area contributed by atoms with Crippen molar-refractivity contribution in [2.24, 2.45) is 5.92 Å². The molecule has 1 aliphatic carbocycles. The molecule has 0 saturated carbocycles. The summed E-state index contributed by atoms with van der Waals surface area (Å²) in [5.41, 5.74) is 6.45. The summed E-state index contributed by atoms with van der Waals surface area (Å²) in [6, 6.07) is 10.5. The van der Waals surface area contributed by atoms with Crippen molar-refractivity contribution in [3.63, 3.8) is 0 Å². The van der Waals surface area contributed by atoms with E-state index in [1.54, 1.807) is 0 Å². The first-order valence-corrected chi connectivity index (χ1v) is 8.80. The molecule has 0 spiro atoms. The van der Waals surface area contributed by atoms with E-state index >= 15 is 0 Å². The molecule has 1 aliphatic heterocycles. The lowest BCUT2D eigenvalue weighted by Crippen LogP contribution is -2.30. The molecule has 2 aromatic rings. The summed E-state index contributed by atoms with van der Waals surface area (Å²) in [5.74, 6) is 0.935. The van der Waals surface area contributed by atoms with Crippen LogP contribution in [0.1, 0.15) is 40.6 Å². The largest absolute Gasteiger partial charge is 0.377 e. The summed E-state index contributed by atoms with van der Waals surface area (Å²) < 4.78 is 0. The van der Waals surface area contributed by atoms with Gasteiger partial charge in [-0.1, -0.05) is 59.6 Å². The van der Waals surface area contributed by atoms with Crippen LogP contribution < -0.4 is 5.32 Å².